The molecule has 156 valence electrons. The Morgan fingerprint density at radius 2 is 2.00 bits per heavy atom. The Kier molecular flexibility index (Phi) is 6.09. The number of hydrogen-bond donors (Lipinski definition) is 1. The van der Waals surface area contributed by atoms with Gasteiger partial charge in [0.15, 0.2) is 4.34 Å². The van der Waals surface area contributed by atoms with E-state index in [1.54, 1.807) is 34.5 Å². The van der Waals surface area contributed by atoms with Crippen LogP contribution < -0.4 is 10.2 Å². The minimum atomic E-state index is -3.45. The Hall–Kier alpha value is -1.69. The van der Waals surface area contributed by atoms with E-state index < -0.39 is 10.0 Å². The number of carbonyl (C=O) groups excluding carboxylic acids is 1. The van der Waals surface area contributed by atoms with Gasteiger partial charge in [0.2, 0.25) is 21.1 Å². The quantitative estimate of drug-likeness (QED) is 0.671. The first-order chi connectivity index (χ1) is 14.0. The van der Waals surface area contributed by atoms with Gasteiger partial charge < -0.3 is 10.2 Å². The van der Waals surface area contributed by atoms with Gasteiger partial charge in [-0.2, -0.15) is 4.31 Å². The number of carbonyl (C=O) groups is 1. The van der Waals surface area contributed by atoms with Gasteiger partial charge in [0, 0.05) is 32.4 Å². The zero-order chi connectivity index (χ0) is 20.4. The summed E-state index contributed by atoms with van der Waals surface area (Å²) >= 11 is 2.78. The van der Waals surface area contributed by atoms with Gasteiger partial charge in [0.05, 0.1) is 10.6 Å². The molecule has 3 heterocycles. The largest absolute Gasteiger partial charge is 0.363 e. The molecule has 8 nitrogen and oxygen atoms in total. The molecule has 29 heavy (non-hydrogen) atoms. The van der Waals surface area contributed by atoms with Crippen LogP contribution in [0.3, 0.4) is 0 Å². The fourth-order valence-electron chi connectivity index (χ4n) is 3.64. The summed E-state index contributed by atoms with van der Waals surface area (Å²) in [5.41, 5.74) is 1.73. The molecule has 11 heteroatoms. The molecule has 0 saturated carbocycles. The van der Waals surface area contributed by atoms with Crippen molar-refractivity contribution in [3.63, 3.8) is 0 Å². The van der Waals surface area contributed by atoms with E-state index in [4.69, 9.17) is 0 Å². The number of aromatic nitrogens is 2. The van der Waals surface area contributed by atoms with Crippen molar-refractivity contribution in [3.05, 3.63) is 23.8 Å². The van der Waals surface area contributed by atoms with Crippen molar-refractivity contribution in [2.45, 2.75) is 34.9 Å². The van der Waals surface area contributed by atoms with Crippen LogP contribution in [0.25, 0.3) is 0 Å². The third-order valence-electron chi connectivity index (χ3n) is 5.11. The molecule has 2 aromatic rings. The van der Waals surface area contributed by atoms with Crippen LogP contribution >= 0.6 is 23.1 Å². The molecule has 1 N–H and O–H groups in total. The Morgan fingerprint density at radius 1 is 1.21 bits per heavy atom. The number of anilines is 2. The summed E-state index contributed by atoms with van der Waals surface area (Å²) in [7, 11) is -1.67. The predicted molar refractivity (Wildman–Crippen MR) is 115 cm³/mol. The summed E-state index contributed by atoms with van der Waals surface area (Å²) in [4.78, 5) is 14.9. The van der Waals surface area contributed by atoms with Crippen LogP contribution in [0, 0.1) is 0 Å². The summed E-state index contributed by atoms with van der Waals surface area (Å²) in [5.74, 6) is 0.262. The third kappa shape index (κ3) is 4.27. The highest BCUT2D eigenvalue weighted by Gasteiger charge is 2.29. The first-order valence-electron chi connectivity index (χ1n) is 9.56. The number of aryl methyl sites for hydroxylation is 1. The molecule has 1 amide bonds. The molecule has 1 fully saturated rings. The van der Waals surface area contributed by atoms with Crippen molar-refractivity contribution < 1.29 is 13.2 Å². The average Bonchev–Trinajstić information content (AvgIpc) is 3.43. The van der Waals surface area contributed by atoms with Crippen LogP contribution in [0.1, 0.15) is 24.8 Å². The highest BCUT2D eigenvalue weighted by Crippen LogP contribution is 2.32. The van der Waals surface area contributed by atoms with E-state index in [0.717, 1.165) is 46.4 Å². The maximum Gasteiger partial charge on any atom is 0.243 e. The molecular weight excluding hydrogens is 430 g/mol. The molecule has 0 bridgehead atoms. The number of benzene rings is 1. The minimum Gasteiger partial charge on any atom is -0.363 e. The van der Waals surface area contributed by atoms with E-state index in [0.29, 0.717) is 24.5 Å². The van der Waals surface area contributed by atoms with Gasteiger partial charge in [0.1, 0.15) is 0 Å². The van der Waals surface area contributed by atoms with Gasteiger partial charge in [-0.05, 0) is 49.4 Å². The van der Waals surface area contributed by atoms with Gasteiger partial charge >= 0.3 is 0 Å². The van der Waals surface area contributed by atoms with Gasteiger partial charge in [0.25, 0.3) is 0 Å². The number of thioether (sulfide) groups is 1. The van der Waals surface area contributed by atoms with Crippen molar-refractivity contribution in [1.29, 1.82) is 0 Å². The molecule has 4 rings (SSSR count). The fourth-order valence-corrected chi connectivity index (χ4v) is 6.79. The van der Waals surface area contributed by atoms with E-state index >= 15 is 0 Å². The number of sulfonamides is 1. The van der Waals surface area contributed by atoms with Gasteiger partial charge in [-0.15, -0.1) is 10.2 Å². The summed E-state index contributed by atoms with van der Waals surface area (Å²) < 4.78 is 28.0. The van der Waals surface area contributed by atoms with E-state index in [1.807, 2.05) is 0 Å². The van der Waals surface area contributed by atoms with Crippen molar-refractivity contribution >= 4 is 49.8 Å². The van der Waals surface area contributed by atoms with E-state index in [1.165, 1.54) is 23.1 Å². The monoisotopic (exact) mass is 453 g/mol. The van der Waals surface area contributed by atoms with Crippen LogP contribution in [0.15, 0.2) is 27.4 Å². The maximum atomic E-state index is 12.8. The Labute approximate surface area is 178 Å². The molecule has 0 atom stereocenters. The lowest BCUT2D eigenvalue weighted by Crippen LogP contribution is -2.37. The fraction of sp³-hybridized carbons (Fsp3) is 0.500. The lowest BCUT2D eigenvalue weighted by Gasteiger charge is -2.30. The number of fused-ring (bicyclic) bond motifs is 1. The Bertz CT molecular complexity index is 1000. The highest BCUT2D eigenvalue weighted by molar-refractivity contribution is 8.01. The minimum absolute atomic E-state index is 0.00712. The molecule has 0 spiro atoms. The summed E-state index contributed by atoms with van der Waals surface area (Å²) in [6.07, 6.45) is 3.42. The van der Waals surface area contributed by atoms with Crippen molar-refractivity contribution in [1.82, 2.24) is 14.5 Å². The lowest BCUT2D eigenvalue weighted by molar-refractivity contribution is -0.116. The number of hydrogen-bond acceptors (Lipinski definition) is 8. The Balaban J connectivity index is 1.49. The topological polar surface area (TPSA) is 95.5 Å². The highest BCUT2D eigenvalue weighted by atomic mass is 32.2. The van der Waals surface area contributed by atoms with Gasteiger partial charge in [-0.25, -0.2) is 8.42 Å². The third-order valence-corrected chi connectivity index (χ3v) is 9.07. The number of nitrogens with one attached hydrogen (secondary N) is 1. The zero-order valence-electron chi connectivity index (χ0n) is 16.1. The standard InChI is InChI=1S/C18H23N5O3S3/c1-19-17-20-21-18(28-17)27-12-16(24)23-10-4-5-13-11-14(6-7-15(13)23)29(25,26)22-8-2-3-9-22/h6-7,11H,2-5,8-10,12H2,1H3,(H,19,20). The first-order valence-corrected chi connectivity index (χ1v) is 12.8. The molecule has 1 aromatic carbocycles. The molecule has 2 aliphatic rings. The van der Waals surface area contributed by atoms with Crippen LogP contribution in [-0.2, 0) is 21.2 Å². The van der Waals surface area contributed by atoms with Crippen LogP contribution in [0.5, 0.6) is 0 Å². The van der Waals surface area contributed by atoms with E-state index in [9.17, 15) is 13.2 Å². The van der Waals surface area contributed by atoms with E-state index in [-0.39, 0.29) is 11.7 Å². The first kappa shape index (κ1) is 20.6. The van der Waals surface area contributed by atoms with Crippen molar-refractivity contribution in [3.8, 4) is 0 Å². The summed E-state index contributed by atoms with van der Waals surface area (Å²) in [6.45, 7) is 1.81. The molecule has 0 radical (unpaired) electrons. The molecule has 0 unspecified atom stereocenters. The second-order valence-electron chi connectivity index (χ2n) is 6.96. The van der Waals surface area contributed by atoms with Gasteiger partial charge in [-0.3, -0.25) is 4.79 Å². The average molecular weight is 454 g/mol. The van der Waals surface area contributed by atoms with E-state index in [2.05, 4.69) is 15.5 Å². The molecule has 1 saturated heterocycles. The SMILES string of the molecule is CNc1nnc(SCC(=O)N2CCCc3cc(S(=O)(=O)N4CCCC4)ccc32)s1. The second-order valence-corrected chi connectivity index (χ2v) is 11.1. The zero-order valence-corrected chi connectivity index (χ0v) is 18.6. The Morgan fingerprint density at radius 3 is 2.72 bits per heavy atom. The summed E-state index contributed by atoms with van der Waals surface area (Å²) in [5, 5.41) is 11.7. The lowest BCUT2D eigenvalue weighted by atomic mass is 10.0. The van der Waals surface area contributed by atoms with Crippen molar-refractivity contribution in [2.75, 3.05) is 42.7 Å². The number of rotatable bonds is 6. The molecule has 1 aromatic heterocycles. The number of nitrogens with zero attached hydrogens (tertiary/aromatic N) is 4. The predicted octanol–water partition coefficient (Wildman–Crippen LogP) is 2.44. The van der Waals surface area contributed by atoms with Gasteiger partial charge in [-0.1, -0.05) is 23.1 Å². The normalized spacial score (nSPS) is 17.3. The van der Waals surface area contributed by atoms with Crippen LogP contribution in [-0.4, -0.2) is 61.3 Å². The van der Waals surface area contributed by atoms with Crippen LogP contribution in [0.2, 0.25) is 0 Å². The molecular formula is C18H23N5O3S3. The number of amides is 1. The second kappa shape index (κ2) is 8.58. The van der Waals surface area contributed by atoms with Crippen molar-refractivity contribution in [2.24, 2.45) is 0 Å². The van der Waals surface area contributed by atoms with Crippen LogP contribution in [0.4, 0.5) is 10.8 Å². The summed E-state index contributed by atoms with van der Waals surface area (Å²) in [6, 6.07) is 5.17. The molecule has 2 aliphatic heterocycles. The smallest absolute Gasteiger partial charge is 0.243 e. The molecule has 0 aliphatic carbocycles. The maximum absolute atomic E-state index is 12.8.